The van der Waals surface area contributed by atoms with Crippen LogP contribution in [0.2, 0.25) is 26.6 Å². The second-order valence-electron chi connectivity index (χ2n) is 11.9. The predicted molar refractivity (Wildman–Crippen MR) is 187 cm³/mol. The zero-order valence-corrected chi connectivity index (χ0v) is 34.2. The van der Waals surface area contributed by atoms with Gasteiger partial charge in [0.25, 0.3) is 0 Å². The second-order valence-corrected chi connectivity index (χ2v) is 43.4. The maximum atomic E-state index is 6.53. The van der Waals surface area contributed by atoms with Crippen LogP contribution in [-0.2, 0) is 11.3 Å². The Morgan fingerprint density at radius 2 is 1.00 bits per heavy atom. The summed E-state index contributed by atoms with van der Waals surface area (Å²) in [7, 11) is 0. The molecule has 0 saturated heterocycles. The molecule has 0 aliphatic heterocycles. The molecule has 4 heteroatoms. The van der Waals surface area contributed by atoms with Gasteiger partial charge in [-0.2, -0.15) is 0 Å². The average molecular weight is 852 g/mol. The van der Waals surface area contributed by atoms with E-state index in [9.17, 15) is 0 Å². The zero-order chi connectivity index (χ0) is 28.1. The van der Waals surface area contributed by atoms with Gasteiger partial charge in [-0.25, -0.2) is 0 Å². The van der Waals surface area contributed by atoms with Crippen molar-refractivity contribution in [3.63, 3.8) is 0 Å². The molecular weight excluding hydrogens is 789 g/mol. The fourth-order valence-electron chi connectivity index (χ4n) is 6.57. The summed E-state index contributed by atoms with van der Waals surface area (Å²) in [5.41, 5.74) is 1.35. The first kappa shape index (κ1) is 37.3. The number of hydrogen-bond donors (Lipinski definition) is 0. The van der Waals surface area contributed by atoms with Gasteiger partial charge in [0.15, 0.2) is 0 Å². The molecule has 1 aromatic carbocycles. The van der Waals surface area contributed by atoms with Gasteiger partial charge in [-0.15, -0.1) is 0 Å². The van der Waals surface area contributed by atoms with Gasteiger partial charge in [-0.1, -0.05) is 0 Å². The Bertz CT molecular complexity index is 670. The summed E-state index contributed by atoms with van der Waals surface area (Å²) in [6.45, 7) is 16.2. The number of halogens is 1. The molecule has 220 valence electrons. The van der Waals surface area contributed by atoms with E-state index < -0.39 is 36.8 Å². The van der Waals surface area contributed by atoms with Crippen molar-refractivity contribution >= 4 is 59.3 Å². The summed E-state index contributed by atoms with van der Waals surface area (Å²) in [6.07, 6.45) is 19.9. The quantitative estimate of drug-likeness (QED) is 0.0572. The van der Waals surface area contributed by atoms with Crippen molar-refractivity contribution in [2.75, 3.05) is 6.61 Å². The van der Waals surface area contributed by atoms with Crippen LogP contribution in [0.15, 0.2) is 31.9 Å². The molecule has 0 radical (unpaired) electrons. The number of unbranched alkanes of at least 4 members (excludes halogenated alkanes) is 6. The third-order valence-electron chi connectivity index (χ3n) is 8.82. The fourth-order valence-corrected chi connectivity index (χ4v) is 75.7. The summed E-state index contributed by atoms with van der Waals surface area (Å²) >= 11 is -2.63. The van der Waals surface area contributed by atoms with Gasteiger partial charge in [0, 0.05) is 0 Å². The number of rotatable bonds is 24. The molecule has 0 spiro atoms. The molecular formula is C34H63IOSn2. The first-order valence-corrected chi connectivity index (χ1v) is 32.5. The molecule has 0 N–H and O–H groups in total. The second kappa shape index (κ2) is 22.8. The third kappa shape index (κ3) is 13.0. The number of benzene rings is 1. The van der Waals surface area contributed by atoms with E-state index in [1.165, 1.54) is 86.2 Å². The summed E-state index contributed by atoms with van der Waals surface area (Å²) < 4.78 is 19.8. The minimum absolute atomic E-state index is 0.756. The van der Waals surface area contributed by atoms with E-state index in [-0.39, 0.29) is 0 Å². The van der Waals surface area contributed by atoms with Crippen LogP contribution in [0.3, 0.4) is 0 Å². The van der Waals surface area contributed by atoms with Gasteiger partial charge < -0.3 is 0 Å². The van der Waals surface area contributed by atoms with E-state index in [1.807, 2.05) is 0 Å². The van der Waals surface area contributed by atoms with E-state index in [1.54, 1.807) is 26.6 Å². The molecule has 0 atom stereocenters. The summed E-state index contributed by atoms with van der Waals surface area (Å²) in [6, 6.07) is 8.75. The van der Waals surface area contributed by atoms with Crippen molar-refractivity contribution in [3.8, 4) is 0 Å². The van der Waals surface area contributed by atoms with E-state index in [0.717, 1.165) is 13.2 Å². The van der Waals surface area contributed by atoms with Crippen molar-refractivity contribution in [1.82, 2.24) is 0 Å². The topological polar surface area (TPSA) is 9.23 Å². The standard InChI is InChI=1S/C10H9IO.6C4H9.2Sn/c1-2-7-12-8-9-5-3-4-6-10(9)11;6*1-3-4-2;;/h2-6H,7-8H2;6*1,3-4H2,2H3;;. The van der Waals surface area contributed by atoms with Crippen LogP contribution in [0.5, 0.6) is 0 Å². The summed E-state index contributed by atoms with van der Waals surface area (Å²) in [5, 5.41) is 0. The molecule has 0 aliphatic rings. The van der Waals surface area contributed by atoms with Crippen molar-refractivity contribution in [1.29, 1.82) is 0 Å². The van der Waals surface area contributed by atoms with Gasteiger partial charge in [-0.05, 0) is 0 Å². The molecule has 0 unspecified atom stereocenters. The average Bonchev–Trinajstić information content (AvgIpc) is 2.94. The monoisotopic (exact) mass is 854 g/mol. The molecule has 0 aromatic heterocycles. The third-order valence-corrected chi connectivity index (χ3v) is 60.3. The minimum atomic E-state index is -2.55. The SMILES string of the molecule is CCC[CH2][Sn]([CH2]CCC)([CH2]CCC)[C](=CCOCc1ccccc1I)[Sn]([CH2]CCC)([CH2]CCC)[CH2]CCC. The van der Waals surface area contributed by atoms with Gasteiger partial charge in [0.1, 0.15) is 0 Å². The van der Waals surface area contributed by atoms with Crippen molar-refractivity contribution in [3.05, 3.63) is 41.1 Å². The molecule has 0 amide bonds. The van der Waals surface area contributed by atoms with Crippen LogP contribution >= 0.6 is 22.6 Å². The number of hydrogen-bond acceptors (Lipinski definition) is 1. The van der Waals surface area contributed by atoms with Crippen LogP contribution in [-0.4, -0.2) is 43.4 Å². The maximum absolute atomic E-state index is 6.53. The predicted octanol–water partition coefficient (Wildman–Crippen LogP) is 12.5. The molecule has 0 saturated carbocycles. The zero-order valence-electron chi connectivity index (χ0n) is 26.3. The molecule has 1 nitrogen and oxygen atoms in total. The van der Waals surface area contributed by atoms with Gasteiger partial charge in [0.2, 0.25) is 0 Å². The molecule has 0 aliphatic carbocycles. The van der Waals surface area contributed by atoms with Gasteiger partial charge in [-0.3, -0.25) is 0 Å². The van der Waals surface area contributed by atoms with Gasteiger partial charge in [0.05, 0.1) is 0 Å². The Balaban J connectivity index is 3.62. The van der Waals surface area contributed by atoms with Crippen LogP contribution in [0.1, 0.15) is 124 Å². The van der Waals surface area contributed by atoms with Crippen molar-refractivity contribution in [2.45, 2.75) is 152 Å². The first-order valence-electron chi connectivity index (χ1n) is 16.5. The molecule has 0 bridgehead atoms. The van der Waals surface area contributed by atoms with Crippen LogP contribution in [0, 0.1) is 3.57 Å². The fraction of sp³-hybridized carbons (Fsp3) is 0.765. The van der Waals surface area contributed by atoms with E-state index in [0.29, 0.717) is 0 Å². The Morgan fingerprint density at radius 1 is 0.632 bits per heavy atom. The van der Waals surface area contributed by atoms with E-state index >= 15 is 0 Å². The summed E-state index contributed by atoms with van der Waals surface area (Å²) in [4.78, 5) is 0. The molecule has 0 fully saturated rings. The van der Waals surface area contributed by atoms with E-state index in [2.05, 4.69) is 96.1 Å². The van der Waals surface area contributed by atoms with Crippen LogP contribution in [0.4, 0.5) is 0 Å². The Labute approximate surface area is 261 Å². The first-order chi connectivity index (χ1) is 18.5. The van der Waals surface area contributed by atoms with Crippen molar-refractivity contribution < 1.29 is 4.74 Å². The summed E-state index contributed by atoms with van der Waals surface area (Å²) in [5.74, 6) is 0. The Morgan fingerprint density at radius 3 is 1.34 bits per heavy atom. The molecule has 0 heterocycles. The van der Waals surface area contributed by atoms with Crippen molar-refractivity contribution in [2.24, 2.45) is 0 Å². The van der Waals surface area contributed by atoms with Crippen LogP contribution < -0.4 is 0 Å². The van der Waals surface area contributed by atoms with E-state index in [4.69, 9.17) is 4.74 Å². The molecule has 38 heavy (non-hydrogen) atoms. The molecule has 1 aromatic rings. The van der Waals surface area contributed by atoms with Gasteiger partial charge >= 0.3 is 264 Å². The number of ether oxygens (including phenoxy) is 1. The Hall–Kier alpha value is 1.25. The Kier molecular flexibility index (Phi) is 22.4. The normalized spacial score (nSPS) is 12.2. The molecule has 1 rings (SSSR count). The van der Waals surface area contributed by atoms with Crippen LogP contribution in [0.25, 0.3) is 0 Å².